The van der Waals surface area contributed by atoms with Crippen molar-refractivity contribution in [2.24, 2.45) is 0 Å². The largest absolute Gasteiger partial charge is 0.354 e. The van der Waals surface area contributed by atoms with Crippen LogP contribution in [0.5, 0.6) is 0 Å². The van der Waals surface area contributed by atoms with Crippen LogP contribution < -0.4 is 20.4 Å². The zero-order valence-electron chi connectivity index (χ0n) is 19.2. The number of urea groups is 1. The molecule has 4 amide bonds. The highest BCUT2D eigenvalue weighted by Gasteiger charge is 2.33. The fourth-order valence-electron chi connectivity index (χ4n) is 3.88. The molecule has 1 aliphatic rings. The quantitative estimate of drug-likeness (QED) is 0.572. The van der Waals surface area contributed by atoms with Crippen LogP contribution in [0.15, 0.2) is 78.9 Å². The molecule has 0 radical (unpaired) electrons. The molecule has 0 saturated heterocycles. The van der Waals surface area contributed by atoms with Gasteiger partial charge in [-0.2, -0.15) is 0 Å². The van der Waals surface area contributed by atoms with Gasteiger partial charge in [0, 0.05) is 13.1 Å². The van der Waals surface area contributed by atoms with Crippen LogP contribution in [-0.4, -0.2) is 37.5 Å². The lowest BCUT2D eigenvalue weighted by molar-refractivity contribution is -0.123. The van der Waals surface area contributed by atoms with E-state index >= 15 is 0 Å². The molecule has 0 fully saturated rings. The smallest absolute Gasteiger partial charge is 0.322 e. The lowest BCUT2D eigenvalue weighted by Gasteiger charge is -2.35. The summed E-state index contributed by atoms with van der Waals surface area (Å²) in [5, 5.41) is 5.76. The molecule has 1 heterocycles. The molecule has 3 aromatic carbocycles. The summed E-state index contributed by atoms with van der Waals surface area (Å²) in [5.41, 5.74) is 4.44. The van der Waals surface area contributed by atoms with Crippen molar-refractivity contribution in [3.05, 3.63) is 95.6 Å². The molecule has 0 aliphatic carbocycles. The van der Waals surface area contributed by atoms with Crippen molar-refractivity contribution in [3.63, 3.8) is 0 Å². The number of nitrogens with one attached hydrogen (secondary N) is 2. The van der Waals surface area contributed by atoms with E-state index in [4.69, 9.17) is 0 Å². The van der Waals surface area contributed by atoms with Gasteiger partial charge in [0.05, 0.1) is 11.4 Å². The standard InChI is InChI=1S/C27H28N4O3/c1-20-11-13-21(14-12-20)15-16-28-25(32)18-30-23-9-5-6-10-24(23)31(19-26(30)33)27(34)29-17-22-7-3-2-4-8-22/h2-14H,15-19H2,1H3,(H,28,32)(H,29,34). The Morgan fingerprint density at radius 3 is 2.24 bits per heavy atom. The number of aryl methyl sites for hydroxylation is 1. The van der Waals surface area contributed by atoms with Crippen LogP contribution in [0.25, 0.3) is 0 Å². The van der Waals surface area contributed by atoms with E-state index in [0.717, 1.165) is 11.1 Å². The Hall–Kier alpha value is -4.13. The molecule has 3 aromatic rings. The van der Waals surface area contributed by atoms with Gasteiger partial charge in [0.1, 0.15) is 13.1 Å². The van der Waals surface area contributed by atoms with E-state index in [2.05, 4.69) is 10.6 Å². The molecular weight excluding hydrogens is 428 g/mol. The van der Waals surface area contributed by atoms with Crippen molar-refractivity contribution in [1.82, 2.24) is 10.6 Å². The van der Waals surface area contributed by atoms with Crippen molar-refractivity contribution < 1.29 is 14.4 Å². The highest BCUT2D eigenvalue weighted by Crippen LogP contribution is 2.33. The Morgan fingerprint density at radius 1 is 0.824 bits per heavy atom. The van der Waals surface area contributed by atoms with Crippen molar-refractivity contribution in [2.45, 2.75) is 19.9 Å². The van der Waals surface area contributed by atoms with Crippen molar-refractivity contribution >= 4 is 29.2 Å². The van der Waals surface area contributed by atoms with Crippen molar-refractivity contribution in [3.8, 4) is 0 Å². The highest BCUT2D eigenvalue weighted by atomic mass is 16.2. The third-order valence-electron chi connectivity index (χ3n) is 5.75. The Labute approximate surface area is 199 Å². The summed E-state index contributed by atoms with van der Waals surface area (Å²) >= 11 is 0. The topological polar surface area (TPSA) is 81.8 Å². The minimum atomic E-state index is -0.355. The maximum Gasteiger partial charge on any atom is 0.322 e. The number of fused-ring (bicyclic) bond motifs is 1. The normalized spacial score (nSPS) is 12.8. The summed E-state index contributed by atoms with van der Waals surface area (Å²) in [7, 11) is 0. The van der Waals surface area contributed by atoms with Crippen LogP contribution in [0.2, 0.25) is 0 Å². The Bertz CT molecular complexity index is 1160. The SMILES string of the molecule is Cc1ccc(CCNC(=O)CN2C(=O)CN(C(=O)NCc3ccccc3)c3ccccc32)cc1. The number of amides is 4. The van der Waals surface area contributed by atoms with Gasteiger partial charge in [-0.1, -0.05) is 72.3 Å². The third-order valence-corrected chi connectivity index (χ3v) is 5.75. The Kier molecular flexibility index (Phi) is 7.22. The molecule has 0 spiro atoms. The van der Waals surface area contributed by atoms with Crippen LogP contribution in [0.3, 0.4) is 0 Å². The number of hydrogen-bond donors (Lipinski definition) is 2. The summed E-state index contributed by atoms with van der Waals surface area (Å²) < 4.78 is 0. The second-order valence-electron chi connectivity index (χ2n) is 8.28. The van der Waals surface area contributed by atoms with E-state index in [1.165, 1.54) is 15.4 Å². The highest BCUT2D eigenvalue weighted by molar-refractivity contribution is 6.12. The van der Waals surface area contributed by atoms with E-state index in [1.54, 1.807) is 18.2 Å². The molecule has 2 N–H and O–H groups in total. The van der Waals surface area contributed by atoms with Crippen LogP contribution in [-0.2, 0) is 22.6 Å². The number of para-hydroxylation sites is 2. The lowest BCUT2D eigenvalue weighted by Crippen LogP contribution is -2.53. The van der Waals surface area contributed by atoms with Gasteiger partial charge in [-0.05, 0) is 36.6 Å². The summed E-state index contributed by atoms with van der Waals surface area (Å²) in [4.78, 5) is 41.3. The number of carbonyl (C=O) groups excluding carboxylic acids is 3. The molecule has 174 valence electrons. The number of anilines is 2. The molecule has 0 atom stereocenters. The number of rotatable bonds is 7. The van der Waals surface area contributed by atoms with Gasteiger partial charge in [0.15, 0.2) is 0 Å². The molecule has 0 aromatic heterocycles. The summed E-state index contributed by atoms with van der Waals surface area (Å²) in [6.07, 6.45) is 0.714. The average molecular weight is 457 g/mol. The molecule has 7 nitrogen and oxygen atoms in total. The fraction of sp³-hybridized carbons (Fsp3) is 0.222. The average Bonchev–Trinajstić information content (AvgIpc) is 2.86. The third kappa shape index (κ3) is 5.61. The Morgan fingerprint density at radius 2 is 1.50 bits per heavy atom. The van der Waals surface area contributed by atoms with Crippen molar-refractivity contribution in [2.75, 3.05) is 29.4 Å². The first-order chi connectivity index (χ1) is 16.5. The molecule has 0 bridgehead atoms. The first-order valence-electron chi connectivity index (χ1n) is 11.3. The van der Waals surface area contributed by atoms with Crippen molar-refractivity contribution in [1.29, 1.82) is 0 Å². The fourth-order valence-corrected chi connectivity index (χ4v) is 3.88. The molecule has 34 heavy (non-hydrogen) atoms. The molecular formula is C27H28N4O3. The van der Waals surface area contributed by atoms with E-state index in [0.29, 0.717) is 30.9 Å². The van der Waals surface area contributed by atoms with Crippen LogP contribution in [0.4, 0.5) is 16.2 Å². The van der Waals surface area contributed by atoms with E-state index < -0.39 is 0 Å². The first kappa shape index (κ1) is 23.0. The number of nitrogens with zero attached hydrogens (tertiary/aromatic N) is 2. The van der Waals surface area contributed by atoms with Gasteiger partial charge < -0.3 is 10.6 Å². The van der Waals surface area contributed by atoms with Gasteiger partial charge in [-0.3, -0.25) is 19.4 Å². The maximum atomic E-state index is 12.9. The number of benzene rings is 3. The minimum absolute atomic E-state index is 0.0940. The zero-order valence-corrected chi connectivity index (χ0v) is 19.2. The predicted molar refractivity (Wildman–Crippen MR) is 133 cm³/mol. The number of carbonyl (C=O) groups is 3. The summed E-state index contributed by atoms with van der Waals surface area (Å²) in [5.74, 6) is -0.542. The minimum Gasteiger partial charge on any atom is -0.354 e. The molecule has 0 saturated carbocycles. The monoisotopic (exact) mass is 456 g/mol. The van der Waals surface area contributed by atoms with E-state index in [1.807, 2.05) is 67.6 Å². The maximum absolute atomic E-state index is 12.9. The van der Waals surface area contributed by atoms with Gasteiger partial charge in [0.2, 0.25) is 11.8 Å². The van der Waals surface area contributed by atoms with Crippen LogP contribution in [0.1, 0.15) is 16.7 Å². The Balaban J connectivity index is 1.38. The van der Waals surface area contributed by atoms with E-state index in [-0.39, 0.29) is 30.9 Å². The van der Waals surface area contributed by atoms with E-state index in [9.17, 15) is 14.4 Å². The first-order valence-corrected chi connectivity index (χ1v) is 11.3. The second kappa shape index (κ2) is 10.7. The summed E-state index contributed by atoms with van der Waals surface area (Å²) in [6.45, 7) is 2.66. The summed E-state index contributed by atoms with van der Waals surface area (Å²) in [6, 6.07) is 24.5. The van der Waals surface area contributed by atoms with Gasteiger partial charge in [0.25, 0.3) is 0 Å². The van der Waals surface area contributed by atoms with Gasteiger partial charge >= 0.3 is 6.03 Å². The lowest BCUT2D eigenvalue weighted by atomic mass is 10.1. The van der Waals surface area contributed by atoms with Crippen LogP contribution in [0, 0.1) is 6.92 Å². The number of hydrogen-bond acceptors (Lipinski definition) is 3. The van der Waals surface area contributed by atoms with Gasteiger partial charge in [-0.15, -0.1) is 0 Å². The molecule has 4 rings (SSSR count). The van der Waals surface area contributed by atoms with Crippen LogP contribution >= 0.6 is 0 Å². The molecule has 0 unspecified atom stereocenters. The second-order valence-corrected chi connectivity index (χ2v) is 8.28. The molecule has 7 heteroatoms. The predicted octanol–water partition coefficient (Wildman–Crippen LogP) is 3.42. The molecule has 1 aliphatic heterocycles. The zero-order chi connectivity index (χ0) is 23.9. The van der Waals surface area contributed by atoms with Gasteiger partial charge in [-0.25, -0.2) is 4.79 Å².